The Morgan fingerprint density at radius 2 is 2.20 bits per heavy atom. The number of rotatable bonds is 5. The van der Waals surface area contributed by atoms with Gasteiger partial charge in [0, 0.05) is 10.5 Å². The third-order valence-corrected chi connectivity index (χ3v) is 5.11. The number of nitrogens with zero attached hydrogens (tertiary/aromatic N) is 1. The standard InChI is InChI=1S/C12H13BrN2O4S/c1-8-11(13)4-9(7-16)5-12(8)20(17,18)14-6-10-2-3-19-15-10/h2-5,14,16H,6-7H2,1H3. The second-order valence-electron chi connectivity index (χ2n) is 4.17. The largest absolute Gasteiger partial charge is 0.392 e. The van der Waals surface area contributed by atoms with Crippen LogP contribution in [0.15, 0.2) is 38.4 Å². The fourth-order valence-electron chi connectivity index (χ4n) is 1.65. The van der Waals surface area contributed by atoms with Crippen molar-refractivity contribution < 1.29 is 18.0 Å². The summed E-state index contributed by atoms with van der Waals surface area (Å²) in [6, 6.07) is 4.71. The van der Waals surface area contributed by atoms with Gasteiger partial charge >= 0.3 is 0 Å². The smallest absolute Gasteiger partial charge is 0.241 e. The first-order valence-electron chi connectivity index (χ1n) is 5.73. The quantitative estimate of drug-likeness (QED) is 0.846. The van der Waals surface area contributed by atoms with Crippen LogP contribution in [-0.2, 0) is 23.2 Å². The van der Waals surface area contributed by atoms with E-state index in [4.69, 9.17) is 5.11 Å². The molecule has 0 radical (unpaired) electrons. The first-order chi connectivity index (χ1) is 9.44. The summed E-state index contributed by atoms with van der Waals surface area (Å²) in [4.78, 5) is 0.124. The van der Waals surface area contributed by atoms with Crippen LogP contribution in [0.25, 0.3) is 0 Å². The zero-order valence-corrected chi connectivity index (χ0v) is 13.0. The first-order valence-corrected chi connectivity index (χ1v) is 8.00. The Bertz CT molecular complexity index is 698. The van der Waals surface area contributed by atoms with Gasteiger partial charge in [0.2, 0.25) is 10.0 Å². The molecule has 6 nitrogen and oxygen atoms in total. The molecule has 1 heterocycles. The number of benzene rings is 1. The van der Waals surface area contributed by atoms with Gasteiger partial charge in [-0.2, -0.15) is 0 Å². The van der Waals surface area contributed by atoms with Crippen LogP contribution in [0.3, 0.4) is 0 Å². The predicted molar refractivity (Wildman–Crippen MR) is 75.3 cm³/mol. The van der Waals surface area contributed by atoms with Crippen LogP contribution in [0, 0.1) is 6.92 Å². The molecule has 8 heteroatoms. The molecule has 2 rings (SSSR count). The van der Waals surface area contributed by atoms with E-state index >= 15 is 0 Å². The van der Waals surface area contributed by atoms with Gasteiger partial charge < -0.3 is 9.63 Å². The summed E-state index contributed by atoms with van der Waals surface area (Å²) in [7, 11) is -3.69. The molecule has 2 N–H and O–H groups in total. The summed E-state index contributed by atoms with van der Waals surface area (Å²) in [5.41, 5.74) is 1.59. The fourth-order valence-corrected chi connectivity index (χ4v) is 3.60. The molecule has 0 unspecified atom stereocenters. The maximum atomic E-state index is 12.3. The summed E-state index contributed by atoms with van der Waals surface area (Å²) in [6.07, 6.45) is 1.37. The highest BCUT2D eigenvalue weighted by Crippen LogP contribution is 2.25. The van der Waals surface area contributed by atoms with Gasteiger partial charge in [0.15, 0.2) is 0 Å². The zero-order valence-electron chi connectivity index (χ0n) is 10.6. The van der Waals surface area contributed by atoms with Crippen LogP contribution in [0.5, 0.6) is 0 Å². The average molecular weight is 361 g/mol. The van der Waals surface area contributed by atoms with E-state index in [0.717, 1.165) is 0 Å². The average Bonchev–Trinajstić information content (AvgIpc) is 2.92. The monoisotopic (exact) mass is 360 g/mol. The van der Waals surface area contributed by atoms with Crippen molar-refractivity contribution in [3.63, 3.8) is 0 Å². The normalized spacial score (nSPS) is 11.8. The second kappa shape index (κ2) is 6.04. The molecule has 1 aromatic carbocycles. The number of hydrogen-bond donors (Lipinski definition) is 2. The lowest BCUT2D eigenvalue weighted by Crippen LogP contribution is -2.24. The molecule has 108 valence electrons. The molecule has 0 saturated heterocycles. The molecule has 0 spiro atoms. The van der Waals surface area contributed by atoms with E-state index in [-0.39, 0.29) is 18.0 Å². The molecule has 0 atom stereocenters. The number of nitrogens with one attached hydrogen (secondary N) is 1. The van der Waals surface area contributed by atoms with Gasteiger partial charge in [0.05, 0.1) is 23.7 Å². The van der Waals surface area contributed by atoms with Crippen molar-refractivity contribution in [3.05, 3.63) is 45.8 Å². The lowest BCUT2D eigenvalue weighted by atomic mass is 10.2. The summed E-state index contributed by atoms with van der Waals surface area (Å²) in [6.45, 7) is 1.50. The van der Waals surface area contributed by atoms with Crippen molar-refractivity contribution in [2.24, 2.45) is 0 Å². The molecule has 0 aliphatic carbocycles. The number of aliphatic hydroxyl groups is 1. The van der Waals surface area contributed by atoms with Crippen molar-refractivity contribution in [2.75, 3.05) is 0 Å². The van der Waals surface area contributed by atoms with E-state index < -0.39 is 10.0 Å². The maximum absolute atomic E-state index is 12.3. The van der Waals surface area contributed by atoms with Crippen LogP contribution in [-0.4, -0.2) is 18.7 Å². The molecule has 0 amide bonds. The maximum Gasteiger partial charge on any atom is 0.241 e. The highest BCUT2D eigenvalue weighted by Gasteiger charge is 2.19. The highest BCUT2D eigenvalue weighted by molar-refractivity contribution is 9.10. The fraction of sp³-hybridized carbons (Fsp3) is 0.250. The molecule has 0 bridgehead atoms. The summed E-state index contributed by atoms with van der Waals surface area (Å²) < 4.78 is 32.3. The van der Waals surface area contributed by atoms with Gasteiger partial charge in [-0.05, 0) is 30.2 Å². The predicted octanol–water partition coefficient (Wildman–Crippen LogP) is 1.72. The Kier molecular flexibility index (Phi) is 4.59. The summed E-state index contributed by atoms with van der Waals surface area (Å²) in [5, 5.41) is 12.8. The first kappa shape index (κ1) is 15.2. The van der Waals surface area contributed by atoms with Gasteiger partial charge in [0.1, 0.15) is 6.26 Å². The van der Waals surface area contributed by atoms with Crippen molar-refractivity contribution in [3.8, 4) is 0 Å². The molecular formula is C12H13BrN2O4S. The van der Waals surface area contributed by atoms with Crippen LogP contribution in [0.1, 0.15) is 16.8 Å². The van der Waals surface area contributed by atoms with Crippen LogP contribution >= 0.6 is 15.9 Å². The Morgan fingerprint density at radius 3 is 2.80 bits per heavy atom. The number of hydrogen-bond acceptors (Lipinski definition) is 5. The zero-order chi connectivity index (χ0) is 14.8. The minimum atomic E-state index is -3.69. The summed E-state index contributed by atoms with van der Waals surface area (Å²) >= 11 is 3.29. The Labute approximate surface area is 125 Å². The molecule has 0 fully saturated rings. The van der Waals surface area contributed by atoms with E-state index in [9.17, 15) is 8.42 Å². The third-order valence-electron chi connectivity index (χ3n) is 2.76. The molecule has 20 heavy (non-hydrogen) atoms. The minimum Gasteiger partial charge on any atom is -0.392 e. The number of sulfonamides is 1. The van der Waals surface area contributed by atoms with Crippen molar-refractivity contribution in [1.82, 2.24) is 9.88 Å². The van der Waals surface area contributed by atoms with Crippen LogP contribution in [0.2, 0.25) is 0 Å². The van der Waals surface area contributed by atoms with Crippen molar-refractivity contribution in [2.45, 2.75) is 25.0 Å². The molecule has 0 saturated carbocycles. The SMILES string of the molecule is Cc1c(Br)cc(CO)cc1S(=O)(=O)NCc1ccon1. The third kappa shape index (κ3) is 3.26. The van der Waals surface area contributed by atoms with Gasteiger partial charge in [-0.15, -0.1) is 0 Å². The Morgan fingerprint density at radius 1 is 1.45 bits per heavy atom. The van der Waals surface area contributed by atoms with E-state index in [0.29, 0.717) is 21.3 Å². The lowest BCUT2D eigenvalue weighted by molar-refractivity contribution is 0.281. The molecule has 0 aliphatic rings. The number of aromatic nitrogens is 1. The van der Waals surface area contributed by atoms with Gasteiger partial charge in [-0.3, -0.25) is 0 Å². The van der Waals surface area contributed by atoms with E-state index in [1.54, 1.807) is 19.1 Å². The second-order valence-corrected chi connectivity index (χ2v) is 6.76. The molecule has 2 aromatic rings. The minimum absolute atomic E-state index is 0.0409. The summed E-state index contributed by atoms with van der Waals surface area (Å²) in [5.74, 6) is 0. The molecular weight excluding hydrogens is 348 g/mol. The van der Waals surface area contributed by atoms with Crippen molar-refractivity contribution in [1.29, 1.82) is 0 Å². The molecule has 0 aliphatic heterocycles. The van der Waals surface area contributed by atoms with Gasteiger partial charge in [0.25, 0.3) is 0 Å². The van der Waals surface area contributed by atoms with Gasteiger partial charge in [-0.25, -0.2) is 13.1 Å². The van der Waals surface area contributed by atoms with E-state index in [1.807, 2.05) is 0 Å². The van der Waals surface area contributed by atoms with E-state index in [2.05, 4.69) is 30.3 Å². The Hall–Kier alpha value is -1.22. The van der Waals surface area contributed by atoms with Crippen molar-refractivity contribution >= 4 is 26.0 Å². The van der Waals surface area contributed by atoms with E-state index in [1.165, 1.54) is 12.3 Å². The van der Waals surface area contributed by atoms with Crippen LogP contribution in [0.4, 0.5) is 0 Å². The van der Waals surface area contributed by atoms with Crippen LogP contribution < -0.4 is 4.72 Å². The topological polar surface area (TPSA) is 92.4 Å². The highest BCUT2D eigenvalue weighted by atomic mass is 79.9. The Balaban J connectivity index is 2.31. The number of aliphatic hydroxyl groups excluding tert-OH is 1. The number of halogens is 1. The van der Waals surface area contributed by atoms with Gasteiger partial charge in [-0.1, -0.05) is 21.1 Å². The molecule has 1 aromatic heterocycles. The lowest BCUT2D eigenvalue weighted by Gasteiger charge is -2.11.